The molecule has 26 heavy (non-hydrogen) atoms. The van der Waals surface area contributed by atoms with Crippen molar-refractivity contribution in [3.63, 3.8) is 0 Å². The van der Waals surface area contributed by atoms with Gasteiger partial charge in [0.25, 0.3) is 0 Å². The van der Waals surface area contributed by atoms with Crippen LogP contribution in [0, 0.1) is 0 Å². The van der Waals surface area contributed by atoms with Gasteiger partial charge in [-0.2, -0.15) is 0 Å². The molecule has 2 N–H and O–H groups in total. The molecular formula is C19H24N4O3. The van der Waals surface area contributed by atoms with Crippen LogP contribution in [0.25, 0.3) is 0 Å². The van der Waals surface area contributed by atoms with Gasteiger partial charge in [-0.15, -0.1) is 0 Å². The SMILES string of the molecule is CCNC(=NCc1ccnc(OC)c1)Nc1ccc2c(c1)OCCCO2. The van der Waals surface area contributed by atoms with E-state index in [4.69, 9.17) is 14.2 Å². The van der Waals surface area contributed by atoms with E-state index in [-0.39, 0.29) is 0 Å². The summed E-state index contributed by atoms with van der Waals surface area (Å²) >= 11 is 0. The van der Waals surface area contributed by atoms with Gasteiger partial charge in [0.2, 0.25) is 5.88 Å². The minimum atomic E-state index is 0.513. The highest BCUT2D eigenvalue weighted by molar-refractivity contribution is 5.93. The van der Waals surface area contributed by atoms with Gasteiger partial charge in [-0.05, 0) is 30.7 Å². The van der Waals surface area contributed by atoms with Gasteiger partial charge in [-0.25, -0.2) is 9.98 Å². The molecule has 0 spiro atoms. The van der Waals surface area contributed by atoms with E-state index in [0.717, 1.165) is 35.7 Å². The third kappa shape index (κ3) is 4.78. The maximum atomic E-state index is 5.74. The Morgan fingerprint density at radius 2 is 2.04 bits per heavy atom. The van der Waals surface area contributed by atoms with Crippen LogP contribution in [-0.2, 0) is 6.54 Å². The van der Waals surface area contributed by atoms with E-state index < -0.39 is 0 Å². The molecule has 0 saturated heterocycles. The zero-order valence-corrected chi connectivity index (χ0v) is 15.1. The average Bonchev–Trinajstić information content (AvgIpc) is 2.91. The number of nitrogens with one attached hydrogen (secondary N) is 2. The highest BCUT2D eigenvalue weighted by Gasteiger charge is 2.11. The van der Waals surface area contributed by atoms with Gasteiger partial charge in [0.1, 0.15) is 0 Å². The molecule has 0 amide bonds. The Balaban J connectivity index is 1.72. The van der Waals surface area contributed by atoms with Gasteiger partial charge in [-0.3, -0.25) is 0 Å². The third-order valence-electron chi connectivity index (χ3n) is 3.78. The highest BCUT2D eigenvalue weighted by atomic mass is 16.5. The van der Waals surface area contributed by atoms with Gasteiger partial charge in [0, 0.05) is 37.0 Å². The van der Waals surface area contributed by atoms with Crippen LogP contribution in [-0.4, -0.2) is 37.8 Å². The molecule has 0 atom stereocenters. The Labute approximate surface area is 153 Å². The Morgan fingerprint density at radius 1 is 1.19 bits per heavy atom. The number of methoxy groups -OCH3 is 1. The third-order valence-corrected chi connectivity index (χ3v) is 3.78. The lowest BCUT2D eigenvalue weighted by Gasteiger charge is -2.14. The van der Waals surface area contributed by atoms with Crippen molar-refractivity contribution in [1.82, 2.24) is 10.3 Å². The van der Waals surface area contributed by atoms with E-state index in [9.17, 15) is 0 Å². The molecule has 0 saturated carbocycles. The first kappa shape index (κ1) is 17.8. The van der Waals surface area contributed by atoms with Gasteiger partial charge in [0.05, 0.1) is 26.9 Å². The highest BCUT2D eigenvalue weighted by Crippen LogP contribution is 2.32. The topological polar surface area (TPSA) is 77.0 Å². The average molecular weight is 356 g/mol. The number of aliphatic imine (C=N–C) groups is 1. The standard InChI is InChI=1S/C19H24N4O3/c1-3-20-19(22-13-14-7-8-21-18(11-14)24-2)23-15-5-6-16-17(12-15)26-10-4-9-25-16/h5-8,11-12H,3-4,9-10,13H2,1-2H3,(H2,20,22,23). The first-order valence-corrected chi connectivity index (χ1v) is 8.72. The first-order chi connectivity index (χ1) is 12.8. The van der Waals surface area contributed by atoms with Crippen LogP contribution < -0.4 is 24.8 Å². The number of pyridine rings is 1. The van der Waals surface area contributed by atoms with Gasteiger partial charge in [0.15, 0.2) is 17.5 Å². The van der Waals surface area contributed by atoms with Crippen molar-refractivity contribution in [3.8, 4) is 17.4 Å². The van der Waals surface area contributed by atoms with Crippen molar-refractivity contribution in [2.45, 2.75) is 19.9 Å². The van der Waals surface area contributed by atoms with E-state index in [1.165, 1.54) is 0 Å². The first-order valence-electron chi connectivity index (χ1n) is 8.72. The molecule has 1 aliphatic rings. The quantitative estimate of drug-likeness (QED) is 0.634. The van der Waals surface area contributed by atoms with E-state index in [2.05, 4.69) is 20.6 Å². The summed E-state index contributed by atoms with van der Waals surface area (Å²) < 4.78 is 16.6. The number of rotatable bonds is 5. The summed E-state index contributed by atoms with van der Waals surface area (Å²) in [6.07, 6.45) is 2.60. The Kier molecular flexibility index (Phi) is 6.14. The molecule has 3 rings (SSSR count). The molecule has 1 aromatic heterocycles. The minimum Gasteiger partial charge on any atom is -0.490 e. The molecule has 138 valence electrons. The monoisotopic (exact) mass is 356 g/mol. The number of anilines is 1. The van der Waals surface area contributed by atoms with E-state index >= 15 is 0 Å². The zero-order chi connectivity index (χ0) is 18.2. The van der Waals surface area contributed by atoms with Crippen LogP contribution in [0.3, 0.4) is 0 Å². The molecule has 0 bridgehead atoms. The van der Waals surface area contributed by atoms with Crippen LogP contribution in [0.5, 0.6) is 17.4 Å². The summed E-state index contributed by atoms with van der Waals surface area (Å²) in [4.78, 5) is 8.73. The van der Waals surface area contributed by atoms with E-state index in [0.29, 0.717) is 31.6 Å². The zero-order valence-electron chi connectivity index (χ0n) is 15.1. The molecule has 0 radical (unpaired) electrons. The van der Waals surface area contributed by atoms with E-state index in [1.54, 1.807) is 13.3 Å². The molecule has 1 aromatic carbocycles. The molecule has 2 heterocycles. The fourth-order valence-electron chi connectivity index (χ4n) is 2.52. The lowest BCUT2D eigenvalue weighted by atomic mass is 10.2. The predicted molar refractivity (Wildman–Crippen MR) is 101 cm³/mol. The Morgan fingerprint density at radius 3 is 2.85 bits per heavy atom. The molecule has 2 aromatic rings. The number of aromatic nitrogens is 1. The smallest absolute Gasteiger partial charge is 0.213 e. The van der Waals surface area contributed by atoms with Crippen LogP contribution in [0.15, 0.2) is 41.5 Å². The molecule has 1 aliphatic heterocycles. The lowest BCUT2D eigenvalue weighted by Crippen LogP contribution is -2.30. The second kappa shape index (κ2) is 8.94. The summed E-state index contributed by atoms with van der Waals surface area (Å²) in [5.74, 6) is 2.80. The number of hydrogen-bond acceptors (Lipinski definition) is 5. The number of nitrogens with zero attached hydrogens (tertiary/aromatic N) is 2. The van der Waals surface area contributed by atoms with Gasteiger partial charge in [-0.1, -0.05) is 0 Å². The van der Waals surface area contributed by atoms with Crippen molar-refractivity contribution in [2.75, 3.05) is 32.2 Å². The summed E-state index contributed by atoms with van der Waals surface area (Å²) in [7, 11) is 1.60. The number of benzene rings is 1. The molecule has 0 aliphatic carbocycles. The van der Waals surface area contributed by atoms with Crippen LogP contribution in [0.2, 0.25) is 0 Å². The van der Waals surface area contributed by atoms with Crippen molar-refractivity contribution in [2.24, 2.45) is 4.99 Å². The second-order valence-corrected chi connectivity index (χ2v) is 5.74. The molecular weight excluding hydrogens is 332 g/mol. The second-order valence-electron chi connectivity index (χ2n) is 5.74. The summed E-state index contributed by atoms with van der Waals surface area (Å²) in [5.41, 5.74) is 1.91. The van der Waals surface area contributed by atoms with Crippen LogP contribution >= 0.6 is 0 Å². The molecule has 7 nitrogen and oxygen atoms in total. The lowest BCUT2D eigenvalue weighted by molar-refractivity contribution is 0.297. The summed E-state index contributed by atoms with van der Waals surface area (Å²) in [6, 6.07) is 9.60. The molecule has 0 unspecified atom stereocenters. The van der Waals surface area contributed by atoms with Gasteiger partial charge < -0.3 is 24.8 Å². The van der Waals surface area contributed by atoms with Crippen molar-refractivity contribution in [1.29, 1.82) is 0 Å². The normalized spacial score (nSPS) is 13.7. The number of hydrogen-bond donors (Lipinski definition) is 2. The fraction of sp³-hybridized carbons (Fsp3) is 0.368. The summed E-state index contributed by atoms with van der Waals surface area (Å²) in [5, 5.41) is 6.55. The van der Waals surface area contributed by atoms with Crippen molar-refractivity contribution in [3.05, 3.63) is 42.1 Å². The number of guanidine groups is 1. The van der Waals surface area contributed by atoms with Crippen LogP contribution in [0.1, 0.15) is 18.9 Å². The van der Waals surface area contributed by atoms with Gasteiger partial charge >= 0.3 is 0 Å². The van der Waals surface area contributed by atoms with E-state index in [1.807, 2.05) is 37.3 Å². The van der Waals surface area contributed by atoms with Crippen LogP contribution in [0.4, 0.5) is 5.69 Å². The maximum Gasteiger partial charge on any atom is 0.213 e. The summed E-state index contributed by atoms with van der Waals surface area (Å²) in [6.45, 7) is 4.64. The molecule has 7 heteroatoms. The van der Waals surface area contributed by atoms with Crippen molar-refractivity contribution < 1.29 is 14.2 Å². The van der Waals surface area contributed by atoms with Crippen molar-refractivity contribution >= 4 is 11.6 Å². The maximum absolute atomic E-state index is 5.74. The Bertz CT molecular complexity index is 764. The predicted octanol–water partition coefficient (Wildman–Crippen LogP) is 2.83. The molecule has 0 fully saturated rings. The largest absolute Gasteiger partial charge is 0.490 e. The number of ether oxygens (including phenoxy) is 3. The number of fused-ring (bicyclic) bond motifs is 1. The fourth-order valence-corrected chi connectivity index (χ4v) is 2.52. The minimum absolute atomic E-state index is 0.513. The Hall–Kier alpha value is -2.96.